The molecule has 0 aliphatic rings. The molecule has 3 nitrogen and oxygen atoms in total. The monoisotopic (exact) mass is 329 g/mol. The summed E-state index contributed by atoms with van der Waals surface area (Å²) >= 11 is 6.42. The van der Waals surface area contributed by atoms with E-state index in [9.17, 15) is 4.79 Å². The zero-order chi connectivity index (χ0) is 16.8. The predicted molar refractivity (Wildman–Crippen MR) is 94.3 cm³/mol. The lowest BCUT2D eigenvalue weighted by Gasteiger charge is -2.05. The molecular weight excluding hydrogens is 310 g/mol. The van der Waals surface area contributed by atoms with Crippen molar-refractivity contribution in [2.24, 2.45) is 5.73 Å². The van der Waals surface area contributed by atoms with Crippen molar-refractivity contribution in [2.75, 3.05) is 7.11 Å². The molecule has 0 amide bonds. The van der Waals surface area contributed by atoms with Gasteiger partial charge in [-0.05, 0) is 29.3 Å². The number of nitrogens with two attached hydrogens (primary N) is 1. The molecule has 0 radical (unpaired) electrons. The Bertz CT molecular complexity index is 810. The third-order valence-corrected chi connectivity index (χ3v) is 3.99. The summed E-state index contributed by atoms with van der Waals surface area (Å²) in [6, 6.07) is 14.8. The number of hydrogen-bond donors (Lipinski definition) is 1. The number of methoxy groups -OCH3 is 1. The first-order valence-corrected chi connectivity index (χ1v) is 7.88. The van der Waals surface area contributed by atoms with E-state index in [1.54, 1.807) is 12.1 Å². The van der Waals surface area contributed by atoms with Gasteiger partial charge >= 0.3 is 5.97 Å². The Balaban J connectivity index is 2.59. The number of rotatable bonds is 4. The zero-order valence-corrected chi connectivity index (χ0v) is 14.1. The van der Waals surface area contributed by atoms with Crippen LogP contribution in [0.4, 0.5) is 0 Å². The van der Waals surface area contributed by atoms with Crippen LogP contribution in [0.5, 0.6) is 0 Å². The largest absolute Gasteiger partial charge is 0.465 e. The smallest absolute Gasteiger partial charge is 0.337 e. The predicted octanol–water partition coefficient (Wildman–Crippen LogP) is 2.74. The molecule has 0 atom stereocenters. The first-order chi connectivity index (χ1) is 11.1. The van der Waals surface area contributed by atoms with E-state index in [4.69, 9.17) is 22.1 Å². The standard InChI is InChI=1S/C19H20ClNO2/c1-3-6-17(20)15-7-4-5-8-16(15)18(21)13-9-11-14(12-10-13)19(22)23-2/h4-5,7-12H,3,6,21H2,1-2H3/b17-15+,18-16-. The van der Waals surface area contributed by atoms with Crippen molar-refractivity contribution in [2.45, 2.75) is 19.8 Å². The van der Waals surface area contributed by atoms with Crippen LogP contribution in [-0.4, -0.2) is 13.1 Å². The number of carbonyl (C=O) groups excluding carboxylic acids is 1. The first kappa shape index (κ1) is 17.1. The van der Waals surface area contributed by atoms with Crippen LogP contribution in [0, 0.1) is 0 Å². The summed E-state index contributed by atoms with van der Waals surface area (Å²) in [4.78, 5) is 11.5. The van der Waals surface area contributed by atoms with Gasteiger partial charge in [-0.1, -0.05) is 61.3 Å². The first-order valence-electron chi connectivity index (χ1n) is 7.50. The second-order valence-corrected chi connectivity index (χ2v) is 5.64. The van der Waals surface area contributed by atoms with Crippen molar-refractivity contribution in [3.63, 3.8) is 0 Å². The van der Waals surface area contributed by atoms with E-state index in [2.05, 4.69) is 6.92 Å². The average molecular weight is 330 g/mol. The van der Waals surface area contributed by atoms with Crippen molar-refractivity contribution in [1.82, 2.24) is 0 Å². The quantitative estimate of drug-likeness (QED) is 0.877. The summed E-state index contributed by atoms with van der Waals surface area (Å²) in [6.45, 7) is 2.09. The Morgan fingerprint density at radius 1 is 1.04 bits per heavy atom. The number of carbonyl (C=O) groups is 1. The summed E-state index contributed by atoms with van der Waals surface area (Å²) in [5, 5.41) is 2.65. The number of halogens is 1. The molecule has 0 unspecified atom stereocenters. The van der Waals surface area contributed by atoms with E-state index in [1.165, 1.54) is 7.11 Å². The molecule has 0 saturated heterocycles. The average Bonchev–Trinajstić information content (AvgIpc) is 2.60. The van der Waals surface area contributed by atoms with Crippen LogP contribution < -0.4 is 16.2 Å². The highest BCUT2D eigenvalue weighted by atomic mass is 35.5. The molecule has 23 heavy (non-hydrogen) atoms. The third kappa shape index (κ3) is 3.93. The van der Waals surface area contributed by atoms with Crippen LogP contribution in [0.3, 0.4) is 0 Å². The molecule has 2 aromatic carbocycles. The topological polar surface area (TPSA) is 52.3 Å². The Morgan fingerprint density at radius 3 is 2.17 bits per heavy atom. The normalized spacial score (nSPS) is 13.3. The molecule has 0 spiro atoms. The molecule has 0 aliphatic carbocycles. The molecule has 2 aromatic rings. The lowest BCUT2D eigenvalue weighted by Crippen LogP contribution is -2.31. The molecule has 4 heteroatoms. The van der Waals surface area contributed by atoms with Gasteiger partial charge < -0.3 is 10.5 Å². The molecule has 2 N–H and O–H groups in total. The second-order valence-electron chi connectivity index (χ2n) is 5.18. The lowest BCUT2D eigenvalue weighted by atomic mass is 10.1. The molecule has 0 bridgehead atoms. The second kappa shape index (κ2) is 7.84. The Morgan fingerprint density at radius 2 is 1.61 bits per heavy atom. The van der Waals surface area contributed by atoms with E-state index in [-0.39, 0.29) is 5.97 Å². The molecule has 0 fully saturated rings. The highest BCUT2D eigenvalue weighted by Crippen LogP contribution is 2.11. The van der Waals surface area contributed by atoms with Crippen molar-refractivity contribution in [3.05, 3.63) is 70.1 Å². The van der Waals surface area contributed by atoms with Gasteiger partial charge in [0, 0.05) is 15.9 Å². The van der Waals surface area contributed by atoms with Gasteiger partial charge in [-0.15, -0.1) is 0 Å². The van der Waals surface area contributed by atoms with Gasteiger partial charge in [0.1, 0.15) is 0 Å². The fourth-order valence-corrected chi connectivity index (χ4v) is 2.72. The van der Waals surface area contributed by atoms with Gasteiger partial charge in [-0.25, -0.2) is 4.79 Å². The van der Waals surface area contributed by atoms with Crippen LogP contribution in [0.1, 0.15) is 35.7 Å². The van der Waals surface area contributed by atoms with E-state index in [0.717, 1.165) is 33.9 Å². The van der Waals surface area contributed by atoms with Crippen LogP contribution in [0.25, 0.3) is 10.7 Å². The molecular formula is C19H20ClNO2. The molecule has 0 heterocycles. The fraction of sp³-hybridized carbons (Fsp3) is 0.211. The molecule has 120 valence electrons. The van der Waals surface area contributed by atoms with Crippen LogP contribution in [0.2, 0.25) is 0 Å². The van der Waals surface area contributed by atoms with Gasteiger partial charge in [0.2, 0.25) is 0 Å². The summed E-state index contributed by atoms with van der Waals surface area (Å²) in [7, 11) is 1.36. The van der Waals surface area contributed by atoms with E-state index in [0.29, 0.717) is 11.3 Å². The molecule has 0 aromatic heterocycles. The molecule has 0 aliphatic heterocycles. The third-order valence-electron chi connectivity index (χ3n) is 3.60. The minimum Gasteiger partial charge on any atom is -0.465 e. The van der Waals surface area contributed by atoms with Crippen molar-refractivity contribution in [1.29, 1.82) is 0 Å². The highest BCUT2D eigenvalue weighted by Gasteiger charge is 2.06. The van der Waals surface area contributed by atoms with Crippen LogP contribution in [0.15, 0.2) is 48.5 Å². The number of esters is 1. The van der Waals surface area contributed by atoms with Gasteiger partial charge in [-0.3, -0.25) is 0 Å². The minimum atomic E-state index is -0.366. The molecule has 2 rings (SSSR count). The maximum absolute atomic E-state index is 11.5. The van der Waals surface area contributed by atoms with Crippen molar-refractivity contribution < 1.29 is 9.53 Å². The van der Waals surface area contributed by atoms with E-state index >= 15 is 0 Å². The van der Waals surface area contributed by atoms with E-state index < -0.39 is 0 Å². The van der Waals surface area contributed by atoms with Crippen molar-refractivity contribution in [3.8, 4) is 0 Å². The number of benzene rings is 2. The maximum atomic E-state index is 11.5. The van der Waals surface area contributed by atoms with E-state index in [1.807, 2.05) is 36.4 Å². The van der Waals surface area contributed by atoms with Gasteiger partial charge in [0.25, 0.3) is 0 Å². The Kier molecular flexibility index (Phi) is 5.83. The van der Waals surface area contributed by atoms with Crippen LogP contribution >= 0.6 is 11.6 Å². The fourth-order valence-electron chi connectivity index (χ4n) is 2.37. The maximum Gasteiger partial charge on any atom is 0.337 e. The SMILES string of the molecule is CCC/C(Cl)=c1/cccc/c1=C(/N)c1ccc(C(=O)OC)cc1. The van der Waals surface area contributed by atoms with Gasteiger partial charge in [-0.2, -0.15) is 0 Å². The lowest BCUT2D eigenvalue weighted by molar-refractivity contribution is 0.0600. The Hall–Kier alpha value is -2.26. The summed E-state index contributed by atoms with van der Waals surface area (Å²) in [5.41, 5.74) is 8.30. The van der Waals surface area contributed by atoms with Gasteiger partial charge in [0.15, 0.2) is 0 Å². The Labute approximate surface area is 141 Å². The summed E-state index contributed by atoms with van der Waals surface area (Å²) in [5.74, 6) is -0.366. The zero-order valence-electron chi connectivity index (χ0n) is 13.3. The van der Waals surface area contributed by atoms with Gasteiger partial charge in [0.05, 0.1) is 12.7 Å². The minimum absolute atomic E-state index is 0.366. The summed E-state index contributed by atoms with van der Waals surface area (Å²) < 4.78 is 4.70. The van der Waals surface area contributed by atoms with Crippen LogP contribution in [-0.2, 0) is 4.74 Å². The number of ether oxygens (including phenoxy) is 1. The highest BCUT2D eigenvalue weighted by molar-refractivity contribution is 6.45. The summed E-state index contributed by atoms with van der Waals surface area (Å²) in [6.07, 6.45) is 1.79. The van der Waals surface area contributed by atoms with Crippen molar-refractivity contribution >= 4 is 28.3 Å². The number of hydrogen-bond acceptors (Lipinski definition) is 3. The molecule has 0 saturated carbocycles.